The molecule has 162 valence electrons. The summed E-state index contributed by atoms with van der Waals surface area (Å²) >= 11 is 0. The largest absolute Gasteiger partial charge is 0.202 e. The third-order valence-corrected chi connectivity index (χ3v) is 4.71. The second-order valence-corrected chi connectivity index (χ2v) is 7.07. The first-order valence-electron chi connectivity index (χ1n) is 10.1. The molecule has 0 radical (unpaired) electrons. The molecule has 0 aliphatic heterocycles. The Labute approximate surface area is 194 Å². The molecule has 0 heterocycles. The highest BCUT2D eigenvalue weighted by Crippen LogP contribution is 2.23. The van der Waals surface area contributed by atoms with Crippen LogP contribution in [0.15, 0.2) is 84.9 Å². The van der Waals surface area contributed by atoms with Gasteiger partial charge in [0.25, 0.3) is 0 Å². The molecule has 0 aromatic heterocycles. The van der Waals surface area contributed by atoms with Crippen molar-refractivity contribution < 1.29 is 17.6 Å². The van der Waals surface area contributed by atoms with E-state index in [0.717, 1.165) is 5.56 Å². The second kappa shape index (κ2) is 10.3. The van der Waals surface area contributed by atoms with E-state index in [4.69, 9.17) is 0 Å². The van der Waals surface area contributed by atoms with Crippen molar-refractivity contribution in [2.75, 3.05) is 0 Å². The molecule has 0 unspecified atom stereocenters. The molecule has 0 bridgehead atoms. The van der Waals surface area contributed by atoms with Crippen molar-refractivity contribution >= 4 is 0 Å². The third-order valence-electron chi connectivity index (χ3n) is 4.71. The molecule has 4 rings (SSSR count). The van der Waals surface area contributed by atoms with Crippen molar-refractivity contribution in [3.63, 3.8) is 0 Å². The number of benzene rings is 4. The molecule has 0 aliphatic carbocycles. The van der Waals surface area contributed by atoms with Gasteiger partial charge in [-0.05, 0) is 48.5 Å². The third kappa shape index (κ3) is 5.18. The molecule has 0 saturated carbocycles. The lowest BCUT2D eigenvalue weighted by molar-refractivity contribution is 0.447. The number of hydrogen-bond donors (Lipinski definition) is 0. The van der Waals surface area contributed by atoms with Crippen LogP contribution in [-0.4, -0.2) is 0 Å². The molecule has 0 atom stereocenters. The predicted molar refractivity (Wildman–Crippen MR) is 124 cm³/mol. The molecule has 34 heavy (non-hydrogen) atoms. The van der Waals surface area contributed by atoms with Gasteiger partial charge in [0, 0.05) is 22.3 Å². The number of halogens is 4. The Balaban J connectivity index is 1.60. The topological polar surface area (TPSA) is 0 Å². The van der Waals surface area contributed by atoms with Gasteiger partial charge in [-0.25, -0.2) is 17.6 Å². The van der Waals surface area contributed by atoms with Crippen LogP contribution in [0.3, 0.4) is 0 Å². The molecule has 0 nitrogen and oxygen atoms in total. The summed E-state index contributed by atoms with van der Waals surface area (Å²) in [5.74, 6) is 9.04. The van der Waals surface area contributed by atoms with Gasteiger partial charge in [0.05, 0.1) is 0 Å². The zero-order valence-electron chi connectivity index (χ0n) is 17.6. The van der Waals surface area contributed by atoms with Crippen LogP contribution in [-0.2, 0) is 0 Å². The average Bonchev–Trinajstić information content (AvgIpc) is 2.88. The Morgan fingerprint density at radius 3 is 0.912 bits per heavy atom. The van der Waals surface area contributed by atoms with Crippen molar-refractivity contribution in [2.45, 2.75) is 0 Å². The first kappa shape index (κ1) is 22.5. The first-order valence-corrected chi connectivity index (χ1v) is 10.1. The van der Waals surface area contributed by atoms with Crippen LogP contribution in [0.5, 0.6) is 0 Å². The zero-order chi connectivity index (χ0) is 23.9. The summed E-state index contributed by atoms with van der Waals surface area (Å²) < 4.78 is 57.9. The van der Waals surface area contributed by atoms with Crippen molar-refractivity contribution in [3.05, 3.63) is 142 Å². The minimum absolute atomic E-state index is 0.401. The Kier molecular flexibility index (Phi) is 6.78. The van der Waals surface area contributed by atoms with Gasteiger partial charge in [0.2, 0.25) is 0 Å². The van der Waals surface area contributed by atoms with Crippen LogP contribution in [0, 0.1) is 58.8 Å². The van der Waals surface area contributed by atoms with E-state index in [9.17, 15) is 17.6 Å². The lowest BCUT2D eigenvalue weighted by atomic mass is 10.1. The summed E-state index contributed by atoms with van der Waals surface area (Å²) in [6, 6.07) is 24.3. The highest BCUT2D eigenvalue weighted by molar-refractivity contribution is 5.52. The lowest BCUT2D eigenvalue weighted by Gasteiger charge is -2.04. The first-order chi connectivity index (χ1) is 16.5. The molecule has 4 aromatic rings. The van der Waals surface area contributed by atoms with E-state index in [1.54, 1.807) is 54.6 Å². The minimum Gasteiger partial charge on any atom is -0.202 e. The maximum absolute atomic E-state index is 14.5. The van der Waals surface area contributed by atoms with Gasteiger partial charge < -0.3 is 0 Å². The molecule has 4 heteroatoms. The highest BCUT2D eigenvalue weighted by Gasteiger charge is 2.23. The maximum Gasteiger partial charge on any atom is 0.178 e. The fraction of sp³-hybridized carbons (Fsp3) is 0. The Bertz CT molecular complexity index is 1490. The molecule has 0 fully saturated rings. The summed E-state index contributed by atoms with van der Waals surface area (Å²) in [6.45, 7) is 0. The molecule has 0 spiro atoms. The van der Waals surface area contributed by atoms with Gasteiger partial charge in [-0.3, -0.25) is 0 Å². The van der Waals surface area contributed by atoms with E-state index in [1.807, 2.05) is 30.3 Å². The summed E-state index contributed by atoms with van der Waals surface area (Å²) in [6.07, 6.45) is 0. The molecule has 4 aromatic carbocycles. The number of hydrogen-bond acceptors (Lipinski definition) is 0. The minimum atomic E-state index is -1.59. The molecule has 0 amide bonds. The zero-order valence-corrected chi connectivity index (χ0v) is 17.6. The Hall–Kier alpha value is -4.72. The van der Waals surface area contributed by atoms with Crippen molar-refractivity contribution in [2.24, 2.45) is 0 Å². The van der Waals surface area contributed by atoms with Crippen LogP contribution in [0.4, 0.5) is 17.6 Å². The summed E-state index contributed by atoms with van der Waals surface area (Å²) in [7, 11) is 0. The molecule has 0 saturated heterocycles. The van der Waals surface area contributed by atoms with Crippen molar-refractivity contribution in [3.8, 4) is 35.5 Å². The SMILES string of the molecule is Fc1c(F)c(C#Cc2ccc(C#Cc3ccccc3)cc2)c(F)c(F)c1C#Cc1ccccc1. The van der Waals surface area contributed by atoms with Gasteiger partial charge in [-0.15, -0.1) is 0 Å². The summed E-state index contributed by atoms with van der Waals surface area (Å²) in [5, 5.41) is 0. The van der Waals surface area contributed by atoms with Gasteiger partial charge in [-0.2, -0.15) is 0 Å². The summed E-state index contributed by atoms with van der Waals surface area (Å²) in [5.41, 5.74) is 0.447. The fourth-order valence-electron chi connectivity index (χ4n) is 2.94. The fourth-order valence-corrected chi connectivity index (χ4v) is 2.94. The highest BCUT2D eigenvalue weighted by atomic mass is 19.2. The molecule has 0 aliphatic rings. The summed E-state index contributed by atoms with van der Waals surface area (Å²) in [4.78, 5) is 0. The molecule has 0 N–H and O–H groups in total. The molecular weight excluding hydrogens is 436 g/mol. The van der Waals surface area contributed by atoms with Crippen LogP contribution >= 0.6 is 0 Å². The van der Waals surface area contributed by atoms with E-state index in [-0.39, 0.29) is 0 Å². The number of rotatable bonds is 0. The monoisotopic (exact) mass is 450 g/mol. The van der Waals surface area contributed by atoms with Crippen LogP contribution in [0.25, 0.3) is 0 Å². The van der Waals surface area contributed by atoms with Gasteiger partial charge in [0.15, 0.2) is 23.3 Å². The second-order valence-electron chi connectivity index (χ2n) is 7.07. The van der Waals surface area contributed by atoms with Crippen LogP contribution < -0.4 is 0 Å². The van der Waals surface area contributed by atoms with E-state index < -0.39 is 34.4 Å². The maximum atomic E-state index is 14.5. The van der Waals surface area contributed by atoms with Gasteiger partial charge in [0.1, 0.15) is 11.1 Å². The van der Waals surface area contributed by atoms with Gasteiger partial charge in [-0.1, -0.05) is 71.9 Å². The van der Waals surface area contributed by atoms with E-state index in [1.165, 1.54) is 0 Å². The predicted octanol–water partition coefficient (Wildman–Crippen LogP) is 6.44. The standard InChI is InChI=1S/C30H14F4/c31-27-25(19-17-22-9-5-2-6-10-22)28(32)30(34)26(29(27)33)20-18-24-15-13-23(14-16-24)12-11-21-7-3-1-4-8-21/h1-10,13-16H. The molecular formula is C30H14F4. The quantitative estimate of drug-likeness (QED) is 0.164. The van der Waals surface area contributed by atoms with Crippen molar-refractivity contribution in [1.82, 2.24) is 0 Å². The van der Waals surface area contributed by atoms with E-state index in [2.05, 4.69) is 35.5 Å². The lowest BCUT2D eigenvalue weighted by Crippen LogP contribution is -2.04. The van der Waals surface area contributed by atoms with Crippen LogP contribution in [0.1, 0.15) is 33.4 Å². The smallest absolute Gasteiger partial charge is 0.178 e. The van der Waals surface area contributed by atoms with Crippen LogP contribution in [0.2, 0.25) is 0 Å². The van der Waals surface area contributed by atoms with E-state index in [0.29, 0.717) is 16.7 Å². The van der Waals surface area contributed by atoms with Gasteiger partial charge >= 0.3 is 0 Å². The average molecular weight is 450 g/mol. The Morgan fingerprint density at radius 1 is 0.324 bits per heavy atom. The Morgan fingerprint density at radius 2 is 0.588 bits per heavy atom. The van der Waals surface area contributed by atoms with Crippen molar-refractivity contribution in [1.29, 1.82) is 0 Å². The normalized spacial score (nSPS) is 9.65. The van der Waals surface area contributed by atoms with E-state index >= 15 is 0 Å².